The number of anilines is 1. The number of hydrogen-bond acceptors (Lipinski definition) is 5. The van der Waals surface area contributed by atoms with Crippen molar-refractivity contribution < 1.29 is 4.79 Å². The Bertz CT molecular complexity index is 870. The van der Waals surface area contributed by atoms with E-state index in [4.69, 9.17) is 4.98 Å². The Balaban J connectivity index is 1.30. The minimum atomic E-state index is 0.0482. The molecular formula is C19H19BrN4OS. The molecule has 1 aromatic carbocycles. The molecule has 0 spiro atoms. The summed E-state index contributed by atoms with van der Waals surface area (Å²) in [7, 11) is 0. The van der Waals surface area contributed by atoms with E-state index >= 15 is 0 Å². The lowest BCUT2D eigenvalue weighted by atomic mass is 9.96. The molecule has 0 aliphatic carbocycles. The lowest BCUT2D eigenvalue weighted by Crippen LogP contribution is -2.37. The topological polar surface area (TPSA) is 58.1 Å². The molecule has 4 rings (SSSR count). The lowest BCUT2D eigenvalue weighted by Gasteiger charge is -2.30. The average molecular weight is 431 g/mol. The zero-order valence-electron chi connectivity index (χ0n) is 14.2. The fourth-order valence-electron chi connectivity index (χ4n) is 3.21. The van der Waals surface area contributed by atoms with E-state index in [9.17, 15) is 4.79 Å². The number of fused-ring (bicyclic) bond motifs is 1. The molecule has 0 bridgehead atoms. The Morgan fingerprint density at radius 1 is 1.23 bits per heavy atom. The summed E-state index contributed by atoms with van der Waals surface area (Å²) in [6, 6.07) is 11.9. The van der Waals surface area contributed by atoms with Crippen LogP contribution in [0.1, 0.15) is 17.8 Å². The van der Waals surface area contributed by atoms with Gasteiger partial charge in [0.2, 0.25) is 5.91 Å². The first-order chi connectivity index (χ1) is 12.7. The predicted octanol–water partition coefficient (Wildman–Crippen LogP) is 4.30. The first-order valence-electron chi connectivity index (χ1n) is 8.66. The number of piperidine rings is 1. The van der Waals surface area contributed by atoms with Crippen LogP contribution in [-0.4, -0.2) is 33.9 Å². The summed E-state index contributed by atoms with van der Waals surface area (Å²) in [6.07, 6.45) is 3.43. The van der Waals surface area contributed by atoms with Crippen molar-refractivity contribution in [2.75, 3.05) is 18.4 Å². The van der Waals surface area contributed by atoms with Gasteiger partial charge in [-0.05, 0) is 66.1 Å². The number of rotatable bonds is 4. The van der Waals surface area contributed by atoms with E-state index in [-0.39, 0.29) is 11.8 Å². The van der Waals surface area contributed by atoms with E-state index in [1.54, 1.807) is 17.5 Å². The van der Waals surface area contributed by atoms with Gasteiger partial charge >= 0.3 is 0 Å². The minimum absolute atomic E-state index is 0.0482. The Labute approximate surface area is 164 Å². The van der Waals surface area contributed by atoms with Crippen LogP contribution in [0, 0.1) is 5.92 Å². The first kappa shape index (κ1) is 17.6. The molecule has 1 aliphatic heterocycles. The second-order valence-corrected chi connectivity index (χ2v) is 8.51. The first-order valence-corrected chi connectivity index (χ1v) is 10.3. The van der Waals surface area contributed by atoms with Gasteiger partial charge in [0.15, 0.2) is 0 Å². The number of halogens is 1. The summed E-state index contributed by atoms with van der Waals surface area (Å²) in [5.41, 5.74) is 1.07. The second kappa shape index (κ2) is 7.82. The molecule has 1 N–H and O–H groups in total. The van der Waals surface area contributed by atoms with Crippen molar-refractivity contribution in [2.24, 2.45) is 5.92 Å². The normalized spacial score (nSPS) is 16.0. The lowest BCUT2D eigenvalue weighted by molar-refractivity contribution is -0.121. The van der Waals surface area contributed by atoms with Crippen LogP contribution in [0.2, 0.25) is 0 Å². The van der Waals surface area contributed by atoms with E-state index in [1.807, 2.05) is 18.2 Å². The summed E-state index contributed by atoms with van der Waals surface area (Å²) >= 11 is 5.10. The molecule has 26 heavy (non-hydrogen) atoms. The number of thiazole rings is 1. The Morgan fingerprint density at radius 2 is 2.04 bits per heavy atom. The monoisotopic (exact) mass is 430 g/mol. The van der Waals surface area contributed by atoms with Crippen molar-refractivity contribution in [3.05, 3.63) is 52.1 Å². The van der Waals surface area contributed by atoms with Gasteiger partial charge in [-0.2, -0.15) is 0 Å². The van der Waals surface area contributed by atoms with E-state index in [0.717, 1.165) is 47.5 Å². The molecule has 0 radical (unpaired) electrons. The second-order valence-electron chi connectivity index (χ2n) is 6.48. The Morgan fingerprint density at radius 3 is 2.77 bits per heavy atom. The molecule has 0 unspecified atom stereocenters. The standard InChI is InChI=1S/C19H19BrN4OS/c20-14-5-6-17(21-11-14)23-19(25)13-7-9-24(10-8-13)12-18-22-15-3-1-2-4-16(15)26-18/h1-6,11,13H,7-10,12H2,(H,21,23,25). The van der Waals surface area contributed by atoms with Gasteiger partial charge in [0.25, 0.3) is 0 Å². The number of carbonyl (C=O) groups is 1. The van der Waals surface area contributed by atoms with E-state index < -0.39 is 0 Å². The molecule has 1 saturated heterocycles. The SMILES string of the molecule is O=C(Nc1ccc(Br)cn1)C1CCN(Cc2nc3ccccc3s2)CC1. The summed E-state index contributed by atoms with van der Waals surface area (Å²) < 4.78 is 2.14. The number of amides is 1. The van der Waals surface area contributed by atoms with Gasteiger partial charge in [0.05, 0.1) is 16.8 Å². The summed E-state index contributed by atoms with van der Waals surface area (Å²) in [5, 5.41) is 4.07. The van der Waals surface area contributed by atoms with Gasteiger partial charge in [-0.15, -0.1) is 11.3 Å². The van der Waals surface area contributed by atoms with Gasteiger partial charge in [-0.1, -0.05) is 12.1 Å². The van der Waals surface area contributed by atoms with Crippen molar-refractivity contribution in [3.63, 3.8) is 0 Å². The Hall–Kier alpha value is -1.83. The van der Waals surface area contributed by atoms with Gasteiger partial charge < -0.3 is 5.32 Å². The average Bonchev–Trinajstić information content (AvgIpc) is 3.06. The third-order valence-electron chi connectivity index (χ3n) is 4.63. The van der Waals surface area contributed by atoms with Gasteiger partial charge in [0.1, 0.15) is 10.8 Å². The highest BCUT2D eigenvalue weighted by molar-refractivity contribution is 9.10. The zero-order chi connectivity index (χ0) is 17.9. The van der Waals surface area contributed by atoms with Crippen molar-refractivity contribution >= 4 is 49.2 Å². The molecule has 1 aliphatic rings. The quantitative estimate of drug-likeness (QED) is 0.669. The summed E-state index contributed by atoms with van der Waals surface area (Å²) in [4.78, 5) is 23.7. The predicted molar refractivity (Wildman–Crippen MR) is 108 cm³/mol. The smallest absolute Gasteiger partial charge is 0.228 e. The van der Waals surface area contributed by atoms with Crippen LogP contribution < -0.4 is 5.32 Å². The molecule has 2 aromatic heterocycles. The number of benzene rings is 1. The molecular weight excluding hydrogens is 412 g/mol. The minimum Gasteiger partial charge on any atom is -0.310 e. The maximum atomic E-state index is 12.4. The molecule has 134 valence electrons. The highest BCUT2D eigenvalue weighted by Gasteiger charge is 2.25. The van der Waals surface area contributed by atoms with E-state index in [1.165, 1.54) is 4.70 Å². The van der Waals surface area contributed by atoms with Gasteiger partial charge in [0, 0.05) is 16.6 Å². The fourth-order valence-corrected chi connectivity index (χ4v) is 4.45. The molecule has 0 atom stereocenters. The number of likely N-dealkylation sites (tertiary alicyclic amines) is 1. The molecule has 1 amide bonds. The molecule has 1 fully saturated rings. The number of aromatic nitrogens is 2. The number of nitrogens with one attached hydrogen (secondary N) is 1. The molecule has 0 saturated carbocycles. The van der Waals surface area contributed by atoms with Crippen LogP contribution >= 0.6 is 27.3 Å². The third-order valence-corrected chi connectivity index (χ3v) is 6.12. The van der Waals surface area contributed by atoms with E-state index in [2.05, 4.69) is 49.3 Å². The highest BCUT2D eigenvalue weighted by atomic mass is 79.9. The van der Waals surface area contributed by atoms with Crippen LogP contribution in [-0.2, 0) is 11.3 Å². The number of nitrogens with zero attached hydrogens (tertiary/aromatic N) is 3. The number of hydrogen-bond donors (Lipinski definition) is 1. The molecule has 5 nitrogen and oxygen atoms in total. The molecule has 7 heteroatoms. The van der Waals surface area contributed by atoms with Crippen molar-refractivity contribution in [3.8, 4) is 0 Å². The van der Waals surface area contributed by atoms with Crippen molar-refractivity contribution in [2.45, 2.75) is 19.4 Å². The van der Waals surface area contributed by atoms with Crippen LogP contribution in [0.15, 0.2) is 47.1 Å². The highest BCUT2D eigenvalue weighted by Crippen LogP contribution is 2.25. The van der Waals surface area contributed by atoms with Crippen LogP contribution in [0.4, 0.5) is 5.82 Å². The summed E-state index contributed by atoms with van der Waals surface area (Å²) in [6.45, 7) is 2.70. The van der Waals surface area contributed by atoms with E-state index in [0.29, 0.717) is 5.82 Å². The van der Waals surface area contributed by atoms with Crippen molar-refractivity contribution in [1.82, 2.24) is 14.9 Å². The van der Waals surface area contributed by atoms with Crippen molar-refractivity contribution in [1.29, 1.82) is 0 Å². The molecule has 3 heterocycles. The number of para-hydroxylation sites is 1. The van der Waals surface area contributed by atoms with Crippen LogP contribution in [0.5, 0.6) is 0 Å². The molecule has 3 aromatic rings. The largest absolute Gasteiger partial charge is 0.310 e. The zero-order valence-corrected chi connectivity index (χ0v) is 16.6. The van der Waals surface area contributed by atoms with Crippen LogP contribution in [0.25, 0.3) is 10.2 Å². The van der Waals surface area contributed by atoms with Gasteiger partial charge in [-0.3, -0.25) is 9.69 Å². The Kier molecular flexibility index (Phi) is 5.28. The number of carbonyl (C=O) groups excluding carboxylic acids is 1. The summed E-state index contributed by atoms with van der Waals surface area (Å²) in [5.74, 6) is 0.724. The van der Waals surface area contributed by atoms with Gasteiger partial charge in [-0.25, -0.2) is 9.97 Å². The van der Waals surface area contributed by atoms with Crippen LogP contribution in [0.3, 0.4) is 0 Å². The maximum absolute atomic E-state index is 12.4. The number of pyridine rings is 1. The third kappa shape index (κ3) is 4.11. The fraction of sp³-hybridized carbons (Fsp3) is 0.316. The maximum Gasteiger partial charge on any atom is 0.228 e.